The van der Waals surface area contributed by atoms with Gasteiger partial charge in [0.1, 0.15) is 6.04 Å². The molecule has 2 rings (SSSR count). The van der Waals surface area contributed by atoms with Crippen LogP contribution in [0.15, 0.2) is 5.38 Å². The Balaban J connectivity index is 2.06. The zero-order valence-corrected chi connectivity index (χ0v) is 12.2. The van der Waals surface area contributed by atoms with Gasteiger partial charge in [-0.2, -0.15) is 0 Å². The summed E-state index contributed by atoms with van der Waals surface area (Å²) in [6.45, 7) is 0. The van der Waals surface area contributed by atoms with Gasteiger partial charge in [0, 0.05) is 16.7 Å². The monoisotopic (exact) mass is 311 g/mol. The molecular weight excluding hydrogens is 294 g/mol. The Morgan fingerprint density at radius 3 is 2.62 bits per heavy atom. The highest BCUT2D eigenvalue weighted by Gasteiger charge is 2.25. The van der Waals surface area contributed by atoms with Crippen LogP contribution in [0, 0.1) is 0 Å². The molecule has 0 saturated carbocycles. The first-order chi connectivity index (χ1) is 9.99. The fourth-order valence-corrected chi connectivity index (χ4v) is 3.57. The summed E-state index contributed by atoms with van der Waals surface area (Å²) in [5.74, 6) is -2.72. The molecule has 1 aliphatic rings. The molecule has 6 nitrogen and oxygen atoms in total. The van der Waals surface area contributed by atoms with Gasteiger partial charge >= 0.3 is 11.9 Å². The van der Waals surface area contributed by atoms with Gasteiger partial charge in [-0.15, -0.1) is 11.3 Å². The summed E-state index contributed by atoms with van der Waals surface area (Å²) in [6, 6.07) is -1.17. The first-order valence-electron chi connectivity index (χ1n) is 6.83. The maximum absolute atomic E-state index is 12.2. The van der Waals surface area contributed by atoms with Crippen molar-refractivity contribution in [1.29, 1.82) is 0 Å². The third kappa shape index (κ3) is 3.81. The van der Waals surface area contributed by atoms with Crippen LogP contribution in [0.1, 0.15) is 46.5 Å². The Morgan fingerprint density at radius 1 is 1.24 bits per heavy atom. The maximum atomic E-state index is 12.2. The SMILES string of the molecule is O=C(O)CC[C@H](NC(=O)c1csc2c1CCCC2)C(=O)O. The minimum absolute atomic E-state index is 0.122. The summed E-state index contributed by atoms with van der Waals surface area (Å²) in [5, 5.41) is 21.9. The number of amides is 1. The van der Waals surface area contributed by atoms with Crippen LogP contribution in [0.25, 0.3) is 0 Å². The molecule has 7 heteroatoms. The van der Waals surface area contributed by atoms with E-state index in [1.807, 2.05) is 0 Å². The number of carboxylic acid groups (broad SMARTS) is 2. The van der Waals surface area contributed by atoms with E-state index in [1.54, 1.807) is 5.38 Å². The molecule has 1 aliphatic carbocycles. The molecule has 0 bridgehead atoms. The average Bonchev–Trinajstić information content (AvgIpc) is 2.86. The predicted molar refractivity (Wildman–Crippen MR) is 76.7 cm³/mol. The summed E-state index contributed by atoms with van der Waals surface area (Å²) in [6.07, 6.45) is 3.54. The molecule has 1 amide bonds. The zero-order valence-electron chi connectivity index (χ0n) is 11.4. The molecule has 0 unspecified atom stereocenters. The molecule has 21 heavy (non-hydrogen) atoms. The van der Waals surface area contributed by atoms with Gasteiger partial charge in [-0.3, -0.25) is 9.59 Å². The third-order valence-corrected chi connectivity index (χ3v) is 4.64. The van der Waals surface area contributed by atoms with Crippen molar-refractivity contribution in [2.24, 2.45) is 0 Å². The van der Waals surface area contributed by atoms with Gasteiger partial charge in [-0.1, -0.05) is 0 Å². The van der Waals surface area contributed by atoms with Gasteiger partial charge in [0.25, 0.3) is 5.91 Å². The number of fused-ring (bicyclic) bond motifs is 1. The van der Waals surface area contributed by atoms with Crippen LogP contribution < -0.4 is 5.32 Å². The van der Waals surface area contributed by atoms with Crippen LogP contribution in [0.5, 0.6) is 0 Å². The lowest BCUT2D eigenvalue weighted by atomic mass is 9.95. The fourth-order valence-electron chi connectivity index (χ4n) is 2.45. The highest BCUT2D eigenvalue weighted by atomic mass is 32.1. The Kier molecular flexibility index (Phi) is 4.95. The molecule has 0 aliphatic heterocycles. The van der Waals surface area contributed by atoms with Crippen LogP contribution in [0.3, 0.4) is 0 Å². The predicted octanol–water partition coefficient (Wildman–Crippen LogP) is 1.67. The first-order valence-corrected chi connectivity index (χ1v) is 7.71. The number of carboxylic acids is 2. The molecule has 1 aromatic rings. The molecule has 114 valence electrons. The van der Waals surface area contributed by atoms with Crippen molar-refractivity contribution in [2.75, 3.05) is 0 Å². The lowest BCUT2D eigenvalue weighted by Crippen LogP contribution is -2.41. The van der Waals surface area contributed by atoms with E-state index in [2.05, 4.69) is 5.32 Å². The molecule has 0 aromatic carbocycles. The zero-order chi connectivity index (χ0) is 15.4. The van der Waals surface area contributed by atoms with Crippen LogP contribution in [-0.4, -0.2) is 34.1 Å². The molecule has 1 atom stereocenters. The van der Waals surface area contributed by atoms with Gasteiger partial charge in [0.05, 0.1) is 5.56 Å². The van der Waals surface area contributed by atoms with E-state index >= 15 is 0 Å². The largest absolute Gasteiger partial charge is 0.481 e. The average molecular weight is 311 g/mol. The van der Waals surface area contributed by atoms with Crippen molar-refractivity contribution in [3.8, 4) is 0 Å². The minimum Gasteiger partial charge on any atom is -0.481 e. The molecule has 0 fully saturated rings. The number of hydrogen-bond donors (Lipinski definition) is 3. The van der Waals surface area contributed by atoms with Crippen LogP contribution >= 0.6 is 11.3 Å². The molecular formula is C14H17NO5S. The molecule has 3 N–H and O–H groups in total. The minimum atomic E-state index is -1.21. The van der Waals surface area contributed by atoms with Crippen molar-refractivity contribution >= 4 is 29.2 Å². The third-order valence-electron chi connectivity index (χ3n) is 3.56. The van der Waals surface area contributed by atoms with Crippen LogP contribution in [0.4, 0.5) is 0 Å². The fraction of sp³-hybridized carbons (Fsp3) is 0.500. The number of thiophene rings is 1. The van der Waals surface area contributed by atoms with E-state index in [0.29, 0.717) is 5.56 Å². The van der Waals surface area contributed by atoms with Gasteiger partial charge in [-0.05, 0) is 37.7 Å². The Morgan fingerprint density at radius 2 is 1.95 bits per heavy atom. The lowest BCUT2D eigenvalue weighted by Gasteiger charge is -2.16. The van der Waals surface area contributed by atoms with Crippen molar-refractivity contribution in [1.82, 2.24) is 5.32 Å². The van der Waals surface area contributed by atoms with Crippen molar-refractivity contribution in [3.05, 3.63) is 21.4 Å². The Bertz CT molecular complexity index is 566. The van der Waals surface area contributed by atoms with E-state index in [0.717, 1.165) is 31.2 Å². The van der Waals surface area contributed by atoms with Crippen LogP contribution in [-0.2, 0) is 22.4 Å². The first kappa shape index (κ1) is 15.5. The molecule has 0 radical (unpaired) electrons. The topological polar surface area (TPSA) is 104 Å². The number of rotatable bonds is 6. The standard InChI is InChI=1S/C14H17NO5S/c16-12(17)6-5-10(14(19)20)15-13(18)9-7-21-11-4-2-1-3-8(9)11/h7,10H,1-6H2,(H,15,18)(H,16,17)(H,19,20)/t10-/m0/s1. The normalized spacial score (nSPS) is 15.0. The second-order valence-corrected chi connectivity index (χ2v) is 6.02. The van der Waals surface area contributed by atoms with E-state index in [4.69, 9.17) is 10.2 Å². The second-order valence-electron chi connectivity index (χ2n) is 5.05. The number of carbonyl (C=O) groups is 3. The second kappa shape index (κ2) is 6.71. The smallest absolute Gasteiger partial charge is 0.326 e. The van der Waals surface area contributed by atoms with E-state index in [1.165, 1.54) is 16.2 Å². The van der Waals surface area contributed by atoms with Crippen molar-refractivity contribution in [2.45, 2.75) is 44.6 Å². The summed E-state index contributed by atoms with van der Waals surface area (Å²) in [7, 11) is 0. The Hall–Kier alpha value is -1.89. The number of nitrogens with one attached hydrogen (secondary N) is 1. The van der Waals surface area contributed by atoms with Gasteiger partial charge in [0.2, 0.25) is 0 Å². The number of hydrogen-bond acceptors (Lipinski definition) is 4. The summed E-state index contributed by atoms with van der Waals surface area (Å²) < 4.78 is 0. The summed E-state index contributed by atoms with van der Waals surface area (Å²) in [5.41, 5.74) is 1.56. The van der Waals surface area contributed by atoms with Gasteiger partial charge in [0.15, 0.2) is 0 Å². The van der Waals surface area contributed by atoms with Gasteiger partial charge in [-0.25, -0.2) is 4.79 Å². The van der Waals surface area contributed by atoms with E-state index in [9.17, 15) is 14.4 Å². The summed E-state index contributed by atoms with van der Waals surface area (Å²) in [4.78, 5) is 35.0. The number of aryl methyl sites for hydroxylation is 1. The maximum Gasteiger partial charge on any atom is 0.326 e. The highest BCUT2D eigenvalue weighted by Crippen LogP contribution is 2.30. The van der Waals surface area contributed by atoms with Crippen LogP contribution in [0.2, 0.25) is 0 Å². The lowest BCUT2D eigenvalue weighted by molar-refractivity contribution is -0.140. The van der Waals surface area contributed by atoms with E-state index < -0.39 is 23.9 Å². The molecule has 0 saturated heterocycles. The highest BCUT2D eigenvalue weighted by molar-refractivity contribution is 7.10. The number of aliphatic carboxylic acids is 2. The van der Waals surface area contributed by atoms with Crippen molar-refractivity contribution < 1.29 is 24.6 Å². The quantitative estimate of drug-likeness (QED) is 0.741. The van der Waals surface area contributed by atoms with Gasteiger partial charge < -0.3 is 15.5 Å². The van der Waals surface area contributed by atoms with Crippen molar-refractivity contribution in [3.63, 3.8) is 0 Å². The Labute approximate surface area is 125 Å². The molecule has 1 aromatic heterocycles. The molecule has 1 heterocycles. The summed E-state index contributed by atoms with van der Waals surface area (Å²) >= 11 is 1.53. The van der Waals surface area contributed by atoms with E-state index in [-0.39, 0.29) is 12.8 Å². The molecule has 0 spiro atoms. The number of carbonyl (C=O) groups excluding carboxylic acids is 1.